The summed E-state index contributed by atoms with van der Waals surface area (Å²) in [6, 6.07) is 21.2. The quantitative estimate of drug-likeness (QED) is 0.539. The molecule has 6 nitrogen and oxygen atoms in total. The number of aromatic hydroxyl groups is 1. The highest BCUT2D eigenvalue weighted by molar-refractivity contribution is 5.98. The van der Waals surface area contributed by atoms with E-state index in [9.17, 15) is 14.7 Å². The molecule has 36 heavy (non-hydrogen) atoms. The number of amides is 1. The zero-order valence-corrected chi connectivity index (χ0v) is 21.2. The van der Waals surface area contributed by atoms with Gasteiger partial charge >= 0.3 is 5.97 Å². The molecule has 1 amide bonds. The van der Waals surface area contributed by atoms with Gasteiger partial charge in [-0.3, -0.25) is 9.59 Å². The lowest BCUT2D eigenvalue weighted by Crippen LogP contribution is -2.68. The third kappa shape index (κ3) is 4.13. The fraction of sp³-hybridized carbons (Fsp3) is 0.400. The number of hydrogen-bond acceptors (Lipinski definition) is 5. The van der Waals surface area contributed by atoms with E-state index in [0.717, 1.165) is 35.7 Å². The summed E-state index contributed by atoms with van der Waals surface area (Å²) in [5.74, 6) is -0.112. The van der Waals surface area contributed by atoms with E-state index in [1.54, 1.807) is 12.1 Å². The maximum atomic E-state index is 13.6. The number of benzene rings is 3. The van der Waals surface area contributed by atoms with E-state index >= 15 is 0 Å². The zero-order chi connectivity index (χ0) is 25.5. The van der Waals surface area contributed by atoms with Crippen molar-refractivity contribution in [3.05, 3.63) is 77.9 Å². The van der Waals surface area contributed by atoms with Crippen LogP contribution in [0, 0.1) is 0 Å². The molecule has 0 aromatic heterocycles. The first-order chi connectivity index (χ1) is 17.2. The number of phenols is 1. The van der Waals surface area contributed by atoms with Crippen LogP contribution >= 0.6 is 0 Å². The van der Waals surface area contributed by atoms with Crippen molar-refractivity contribution in [1.82, 2.24) is 9.80 Å². The average Bonchev–Trinajstić information content (AvgIpc) is 2.86. The Bertz CT molecular complexity index is 1310. The van der Waals surface area contributed by atoms with Crippen LogP contribution in [-0.4, -0.2) is 65.6 Å². The predicted molar refractivity (Wildman–Crippen MR) is 140 cm³/mol. The standard InChI is InChI=1S/C30H34N2O4/c1-21(33)36-30-14-13-26(32(3)28(35)24-12-11-22-7-4-5-8-23(22)17-24)19-29(30,15-16-31(2)20-30)25-9-6-10-27(34)18-25/h4-12,17-18,26,34H,13-16,19-20H2,1-3H3/t26-,29-,30-/m0/s1. The third-order valence-electron chi connectivity index (χ3n) is 8.39. The molecule has 188 valence electrons. The zero-order valence-electron chi connectivity index (χ0n) is 21.2. The molecule has 3 aromatic carbocycles. The molecule has 1 heterocycles. The molecule has 0 unspecified atom stereocenters. The van der Waals surface area contributed by atoms with Gasteiger partial charge in [0.1, 0.15) is 11.4 Å². The van der Waals surface area contributed by atoms with Crippen LogP contribution in [0.15, 0.2) is 66.7 Å². The number of likely N-dealkylation sites (tertiary alicyclic amines) is 1. The van der Waals surface area contributed by atoms with Crippen molar-refractivity contribution in [3.8, 4) is 5.75 Å². The number of likely N-dealkylation sites (N-methyl/N-ethyl adjacent to an activating group) is 1. The number of piperidine rings is 1. The molecular weight excluding hydrogens is 452 g/mol. The van der Waals surface area contributed by atoms with Gasteiger partial charge in [-0.15, -0.1) is 0 Å². The summed E-state index contributed by atoms with van der Waals surface area (Å²) in [6.45, 7) is 2.93. The van der Waals surface area contributed by atoms with Gasteiger partial charge in [-0.25, -0.2) is 0 Å². The molecule has 6 heteroatoms. The summed E-state index contributed by atoms with van der Waals surface area (Å²) in [4.78, 5) is 30.1. The van der Waals surface area contributed by atoms with Crippen molar-refractivity contribution in [2.24, 2.45) is 0 Å². The van der Waals surface area contributed by atoms with E-state index in [1.165, 1.54) is 6.92 Å². The fourth-order valence-electron chi connectivity index (χ4n) is 6.59. The van der Waals surface area contributed by atoms with Crippen LogP contribution in [0.2, 0.25) is 0 Å². The summed E-state index contributed by atoms with van der Waals surface area (Å²) in [5, 5.41) is 12.5. The summed E-state index contributed by atoms with van der Waals surface area (Å²) in [6.07, 6.45) is 2.81. The van der Waals surface area contributed by atoms with Gasteiger partial charge in [-0.05, 0) is 79.9 Å². The molecular formula is C30H34N2O4. The van der Waals surface area contributed by atoms with E-state index in [4.69, 9.17) is 4.74 Å². The Morgan fingerprint density at radius 2 is 1.81 bits per heavy atom. The average molecular weight is 487 g/mol. The van der Waals surface area contributed by atoms with Crippen molar-refractivity contribution in [1.29, 1.82) is 0 Å². The Hall–Kier alpha value is -3.38. The van der Waals surface area contributed by atoms with Gasteiger partial charge < -0.3 is 19.6 Å². The Kier molecular flexibility index (Phi) is 6.25. The Labute approximate surface area is 212 Å². The molecule has 5 rings (SSSR count). The van der Waals surface area contributed by atoms with Crippen molar-refractivity contribution in [2.75, 3.05) is 27.2 Å². The minimum atomic E-state index is -0.719. The summed E-state index contributed by atoms with van der Waals surface area (Å²) < 4.78 is 6.21. The SMILES string of the molecule is CC(=O)O[C@]12CC[C@H](N(C)C(=O)c3ccc4ccccc4c3)C[C@]1(c1cccc(O)c1)CCN(C)C2. The molecule has 1 saturated carbocycles. The van der Waals surface area contributed by atoms with Gasteiger partial charge in [0.15, 0.2) is 0 Å². The summed E-state index contributed by atoms with van der Waals surface area (Å²) in [5.41, 5.74) is 0.407. The van der Waals surface area contributed by atoms with E-state index in [1.807, 2.05) is 66.5 Å². The predicted octanol–water partition coefficient (Wildman–Crippen LogP) is 4.75. The second kappa shape index (κ2) is 9.25. The molecule has 1 N–H and O–H groups in total. The van der Waals surface area contributed by atoms with Crippen LogP contribution in [0.1, 0.15) is 48.5 Å². The number of hydrogen-bond donors (Lipinski definition) is 1. The van der Waals surface area contributed by atoms with E-state index in [2.05, 4.69) is 11.9 Å². The topological polar surface area (TPSA) is 70.1 Å². The molecule has 0 bridgehead atoms. The lowest BCUT2D eigenvalue weighted by Gasteiger charge is -2.59. The lowest BCUT2D eigenvalue weighted by molar-refractivity contribution is -0.187. The van der Waals surface area contributed by atoms with Crippen LogP contribution in [0.5, 0.6) is 5.75 Å². The highest BCUT2D eigenvalue weighted by atomic mass is 16.6. The van der Waals surface area contributed by atoms with Crippen LogP contribution < -0.4 is 0 Å². The molecule has 3 aromatic rings. The molecule has 2 aliphatic rings. The van der Waals surface area contributed by atoms with Crippen molar-refractivity contribution in [2.45, 2.75) is 49.7 Å². The van der Waals surface area contributed by atoms with Gasteiger partial charge in [-0.2, -0.15) is 0 Å². The molecule has 1 saturated heterocycles. The van der Waals surface area contributed by atoms with Gasteiger partial charge in [0.2, 0.25) is 0 Å². The van der Waals surface area contributed by atoms with E-state index < -0.39 is 11.0 Å². The number of carbonyl (C=O) groups is 2. The highest BCUT2D eigenvalue weighted by Gasteiger charge is 2.61. The second-order valence-corrected chi connectivity index (χ2v) is 10.6. The van der Waals surface area contributed by atoms with Crippen LogP contribution in [0.25, 0.3) is 10.8 Å². The molecule has 1 aliphatic heterocycles. The number of nitrogens with zero attached hydrogens (tertiary/aromatic N) is 2. The van der Waals surface area contributed by atoms with Gasteiger partial charge in [0, 0.05) is 37.5 Å². The normalized spacial score (nSPS) is 26.2. The van der Waals surface area contributed by atoms with Gasteiger partial charge in [0.05, 0.1) is 0 Å². The first-order valence-electron chi connectivity index (χ1n) is 12.7. The Morgan fingerprint density at radius 1 is 1.03 bits per heavy atom. The fourth-order valence-corrected chi connectivity index (χ4v) is 6.59. The van der Waals surface area contributed by atoms with Crippen LogP contribution in [-0.2, 0) is 14.9 Å². The number of carbonyl (C=O) groups excluding carboxylic acids is 2. The Morgan fingerprint density at radius 3 is 2.56 bits per heavy atom. The summed E-state index contributed by atoms with van der Waals surface area (Å²) in [7, 11) is 3.94. The minimum absolute atomic E-state index is 0.00951. The van der Waals surface area contributed by atoms with Gasteiger partial charge in [-0.1, -0.05) is 42.5 Å². The third-order valence-corrected chi connectivity index (χ3v) is 8.39. The molecule has 0 radical (unpaired) electrons. The minimum Gasteiger partial charge on any atom is -0.508 e. The smallest absolute Gasteiger partial charge is 0.303 e. The van der Waals surface area contributed by atoms with Crippen molar-refractivity contribution >= 4 is 22.6 Å². The largest absolute Gasteiger partial charge is 0.508 e. The first kappa shape index (κ1) is 24.3. The molecule has 2 fully saturated rings. The second-order valence-electron chi connectivity index (χ2n) is 10.6. The summed E-state index contributed by atoms with van der Waals surface area (Å²) >= 11 is 0. The number of rotatable bonds is 4. The number of fused-ring (bicyclic) bond motifs is 2. The van der Waals surface area contributed by atoms with Crippen molar-refractivity contribution < 1.29 is 19.4 Å². The molecule has 1 aliphatic carbocycles. The number of phenolic OH excluding ortho intramolecular Hbond substituents is 1. The molecule has 3 atom stereocenters. The monoisotopic (exact) mass is 486 g/mol. The van der Waals surface area contributed by atoms with Crippen LogP contribution in [0.3, 0.4) is 0 Å². The lowest BCUT2D eigenvalue weighted by atomic mass is 9.55. The van der Waals surface area contributed by atoms with Gasteiger partial charge in [0.25, 0.3) is 5.91 Å². The number of esters is 1. The maximum Gasteiger partial charge on any atom is 0.303 e. The van der Waals surface area contributed by atoms with E-state index in [-0.39, 0.29) is 23.7 Å². The highest BCUT2D eigenvalue weighted by Crippen LogP contribution is 2.54. The molecule has 0 spiro atoms. The van der Waals surface area contributed by atoms with Crippen molar-refractivity contribution in [3.63, 3.8) is 0 Å². The van der Waals surface area contributed by atoms with Crippen LogP contribution in [0.4, 0.5) is 0 Å². The number of ether oxygens (including phenoxy) is 1. The van der Waals surface area contributed by atoms with E-state index in [0.29, 0.717) is 24.9 Å². The maximum absolute atomic E-state index is 13.6. The Balaban J connectivity index is 1.52. The first-order valence-corrected chi connectivity index (χ1v) is 12.7.